The van der Waals surface area contributed by atoms with E-state index >= 15 is 0 Å². The Kier molecular flexibility index (Phi) is 5.20. The smallest absolute Gasteiger partial charge is 0.424 e. The van der Waals surface area contributed by atoms with Crippen LogP contribution in [0.15, 0.2) is 30.6 Å². The molecule has 0 aliphatic carbocycles. The maximum absolute atomic E-state index is 13.7. The van der Waals surface area contributed by atoms with E-state index in [1.807, 2.05) is 4.90 Å². The lowest BCUT2D eigenvalue weighted by atomic mass is 10.3. The Morgan fingerprint density at radius 2 is 1.87 bits per heavy atom. The molecule has 2 aliphatic rings. The number of fused-ring (bicyclic) bond motifs is 1. The number of anilines is 2. The number of hydrogen-bond acceptors (Lipinski definition) is 7. The predicted octanol–water partition coefficient (Wildman–Crippen LogP) is 2.78. The highest BCUT2D eigenvalue weighted by molar-refractivity contribution is 6.30. The highest BCUT2D eigenvalue weighted by Crippen LogP contribution is 2.46. The molecule has 0 saturated carbocycles. The highest BCUT2D eigenvalue weighted by Gasteiger charge is 2.65. The molecule has 0 spiro atoms. The molecule has 13 heteroatoms. The van der Waals surface area contributed by atoms with Crippen LogP contribution >= 0.6 is 11.6 Å². The fourth-order valence-electron chi connectivity index (χ4n) is 2.89. The number of rotatable bonds is 3. The van der Waals surface area contributed by atoms with Crippen LogP contribution in [0, 0.1) is 0 Å². The standard InChI is InChI=1S/C17H15ClF3N5O4/c18-10-1-2-11-12(7-10)30-17(29-11,16(19,20)21)25-15(27)24-13-8-14(23-9-22-13)26-3-5-28-6-4-26/h1-2,7-9H,3-6H2,(H2,22,23,24,25,27)/t17-/m0/s1. The van der Waals surface area contributed by atoms with Crippen molar-refractivity contribution in [3.05, 3.63) is 35.6 Å². The van der Waals surface area contributed by atoms with Gasteiger partial charge in [0.15, 0.2) is 11.5 Å². The van der Waals surface area contributed by atoms with E-state index in [1.165, 1.54) is 24.5 Å². The number of morpholine rings is 1. The van der Waals surface area contributed by atoms with Gasteiger partial charge in [0.1, 0.15) is 18.0 Å². The Labute approximate surface area is 173 Å². The predicted molar refractivity (Wildman–Crippen MR) is 98.7 cm³/mol. The van der Waals surface area contributed by atoms with Gasteiger partial charge in [-0.15, -0.1) is 0 Å². The minimum atomic E-state index is -5.10. The van der Waals surface area contributed by atoms with E-state index in [9.17, 15) is 18.0 Å². The van der Waals surface area contributed by atoms with Crippen LogP contribution in [0.4, 0.5) is 29.6 Å². The van der Waals surface area contributed by atoms with Crippen LogP contribution in [-0.4, -0.2) is 54.4 Å². The number of aromatic nitrogens is 2. The van der Waals surface area contributed by atoms with Crippen molar-refractivity contribution in [1.29, 1.82) is 0 Å². The van der Waals surface area contributed by atoms with Crippen LogP contribution in [0.1, 0.15) is 0 Å². The Balaban J connectivity index is 1.49. The van der Waals surface area contributed by atoms with Gasteiger partial charge in [0.2, 0.25) is 0 Å². The summed E-state index contributed by atoms with van der Waals surface area (Å²) in [5.41, 5.74) is 0. The first-order valence-corrected chi connectivity index (χ1v) is 9.12. The summed E-state index contributed by atoms with van der Waals surface area (Å²) in [7, 11) is 0. The van der Waals surface area contributed by atoms with Crippen LogP contribution in [-0.2, 0) is 4.74 Å². The number of carbonyl (C=O) groups is 1. The summed E-state index contributed by atoms with van der Waals surface area (Å²) in [6, 6.07) is 3.91. The Hall–Kier alpha value is -2.99. The molecule has 9 nitrogen and oxygen atoms in total. The fraction of sp³-hybridized carbons (Fsp3) is 0.353. The Morgan fingerprint density at radius 3 is 2.60 bits per heavy atom. The van der Waals surface area contributed by atoms with Crippen molar-refractivity contribution >= 4 is 29.3 Å². The molecule has 2 aliphatic heterocycles. The van der Waals surface area contributed by atoms with Crippen molar-refractivity contribution in [2.24, 2.45) is 0 Å². The van der Waals surface area contributed by atoms with Crippen molar-refractivity contribution in [2.75, 3.05) is 36.5 Å². The summed E-state index contributed by atoms with van der Waals surface area (Å²) in [6.07, 6.45) is -3.90. The second-order valence-corrected chi connectivity index (χ2v) is 6.79. The molecule has 0 bridgehead atoms. The maximum atomic E-state index is 13.7. The average molecular weight is 446 g/mol. The lowest BCUT2D eigenvalue weighted by Crippen LogP contribution is -2.65. The molecule has 30 heavy (non-hydrogen) atoms. The van der Waals surface area contributed by atoms with Gasteiger partial charge < -0.3 is 19.1 Å². The number of carbonyl (C=O) groups excluding carboxylic acids is 1. The Bertz CT molecular complexity index is 957. The van der Waals surface area contributed by atoms with Gasteiger partial charge in [-0.05, 0) is 12.1 Å². The molecule has 2 N–H and O–H groups in total. The van der Waals surface area contributed by atoms with Crippen molar-refractivity contribution in [3.63, 3.8) is 0 Å². The number of amides is 2. The Morgan fingerprint density at radius 1 is 1.13 bits per heavy atom. The minimum absolute atomic E-state index is 0.000119. The molecule has 0 radical (unpaired) electrons. The second-order valence-electron chi connectivity index (χ2n) is 6.35. The van der Waals surface area contributed by atoms with Gasteiger partial charge in [0, 0.05) is 30.2 Å². The van der Waals surface area contributed by atoms with Crippen LogP contribution in [0.5, 0.6) is 11.5 Å². The number of ether oxygens (including phenoxy) is 3. The van der Waals surface area contributed by atoms with Gasteiger partial charge >= 0.3 is 18.1 Å². The summed E-state index contributed by atoms with van der Waals surface area (Å²) >= 11 is 5.78. The lowest BCUT2D eigenvalue weighted by molar-refractivity contribution is -0.317. The van der Waals surface area contributed by atoms with Gasteiger partial charge in [-0.2, -0.15) is 13.2 Å². The first-order chi connectivity index (χ1) is 14.3. The molecule has 160 valence electrons. The summed E-state index contributed by atoms with van der Waals surface area (Å²) < 4.78 is 56.2. The molecule has 0 unspecified atom stereocenters. The van der Waals surface area contributed by atoms with E-state index in [0.29, 0.717) is 32.1 Å². The van der Waals surface area contributed by atoms with E-state index in [2.05, 4.69) is 15.3 Å². The molecule has 1 aromatic carbocycles. The molecule has 1 saturated heterocycles. The van der Waals surface area contributed by atoms with Gasteiger partial charge in [-0.25, -0.2) is 14.8 Å². The summed E-state index contributed by atoms with van der Waals surface area (Å²) in [6.45, 7) is 2.20. The quantitative estimate of drug-likeness (QED) is 0.749. The molecule has 3 heterocycles. The maximum Gasteiger partial charge on any atom is 0.492 e. The van der Waals surface area contributed by atoms with Crippen molar-refractivity contribution in [3.8, 4) is 11.5 Å². The first-order valence-electron chi connectivity index (χ1n) is 8.74. The van der Waals surface area contributed by atoms with E-state index in [0.717, 1.165) is 6.07 Å². The van der Waals surface area contributed by atoms with E-state index < -0.39 is 18.1 Å². The van der Waals surface area contributed by atoms with Crippen LogP contribution < -0.4 is 25.0 Å². The topological polar surface area (TPSA) is 97.8 Å². The average Bonchev–Trinajstić information content (AvgIpc) is 3.07. The van der Waals surface area contributed by atoms with Gasteiger partial charge in [-0.3, -0.25) is 10.6 Å². The van der Waals surface area contributed by atoms with Gasteiger partial charge in [0.05, 0.1) is 13.2 Å². The molecule has 2 amide bonds. The van der Waals surface area contributed by atoms with Crippen LogP contribution in [0.25, 0.3) is 0 Å². The number of halogens is 4. The monoisotopic (exact) mass is 445 g/mol. The number of benzene rings is 1. The zero-order valence-corrected chi connectivity index (χ0v) is 16.0. The van der Waals surface area contributed by atoms with Gasteiger partial charge in [-0.1, -0.05) is 11.6 Å². The lowest BCUT2D eigenvalue weighted by Gasteiger charge is -2.29. The first kappa shape index (κ1) is 20.3. The number of nitrogens with one attached hydrogen (secondary N) is 2. The zero-order valence-electron chi connectivity index (χ0n) is 15.2. The number of urea groups is 1. The van der Waals surface area contributed by atoms with Crippen molar-refractivity contribution < 1.29 is 32.2 Å². The van der Waals surface area contributed by atoms with Crippen molar-refractivity contribution in [1.82, 2.24) is 15.3 Å². The molecular formula is C17H15ClF3N5O4. The number of alkyl halides is 3. The molecule has 1 aromatic heterocycles. The van der Waals surface area contributed by atoms with E-state index in [4.69, 9.17) is 25.8 Å². The van der Waals surface area contributed by atoms with Crippen molar-refractivity contribution in [2.45, 2.75) is 12.1 Å². The van der Waals surface area contributed by atoms with Crippen LogP contribution in [0.3, 0.4) is 0 Å². The third kappa shape index (κ3) is 4.00. The third-order valence-corrected chi connectivity index (χ3v) is 4.53. The number of nitrogens with zero attached hydrogens (tertiary/aromatic N) is 3. The largest absolute Gasteiger partial charge is 0.492 e. The molecular weight excluding hydrogens is 431 g/mol. The minimum Gasteiger partial charge on any atom is -0.424 e. The third-order valence-electron chi connectivity index (χ3n) is 4.29. The molecule has 2 aromatic rings. The van der Waals surface area contributed by atoms with Crippen LogP contribution in [0.2, 0.25) is 5.02 Å². The second kappa shape index (κ2) is 7.69. The van der Waals surface area contributed by atoms with Gasteiger partial charge in [0.25, 0.3) is 0 Å². The summed E-state index contributed by atoms with van der Waals surface area (Å²) in [5.74, 6) is -3.38. The molecule has 1 atom stereocenters. The fourth-order valence-corrected chi connectivity index (χ4v) is 3.05. The highest BCUT2D eigenvalue weighted by atomic mass is 35.5. The zero-order chi connectivity index (χ0) is 21.4. The van der Waals surface area contributed by atoms with E-state index in [1.54, 1.807) is 5.32 Å². The number of hydrogen-bond donors (Lipinski definition) is 2. The molecule has 1 fully saturated rings. The summed E-state index contributed by atoms with van der Waals surface area (Å²) in [4.78, 5) is 22.2. The summed E-state index contributed by atoms with van der Waals surface area (Å²) in [5, 5.41) is 4.08. The van der Waals surface area contributed by atoms with E-state index in [-0.39, 0.29) is 22.3 Å². The molecule has 4 rings (SSSR count). The normalized spacial score (nSPS) is 20.7. The SMILES string of the molecule is O=C(Nc1cc(N2CCOCC2)ncn1)N[C@@]1(C(F)(F)F)Oc2ccc(Cl)cc2O1.